The maximum Gasteiger partial charge on any atom is 0.233 e. The summed E-state index contributed by atoms with van der Waals surface area (Å²) in [6.45, 7) is 3.10. The molecule has 0 N–H and O–H groups in total. The van der Waals surface area contributed by atoms with E-state index in [1.807, 2.05) is 29.2 Å². The monoisotopic (exact) mass is 450 g/mol. The number of thioether (sulfide) groups is 1. The number of carbonyl (C=O) groups is 1. The first-order valence-corrected chi connectivity index (χ1v) is 11.9. The van der Waals surface area contributed by atoms with E-state index in [9.17, 15) is 4.79 Å². The van der Waals surface area contributed by atoms with Gasteiger partial charge in [-0.05, 0) is 49.2 Å². The Morgan fingerprint density at radius 1 is 1.03 bits per heavy atom. The first kappa shape index (κ1) is 20.8. The topological polar surface area (TPSA) is 76.4 Å². The average molecular weight is 451 g/mol. The molecular weight excluding hydrogens is 424 g/mol. The van der Waals surface area contributed by atoms with Crippen LogP contribution in [0.15, 0.2) is 53.9 Å². The van der Waals surface area contributed by atoms with E-state index in [2.05, 4.69) is 36.8 Å². The van der Waals surface area contributed by atoms with E-state index in [0.29, 0.717) is 11.8 Å². The van der Waals surface area contributed by atoms with Crippen molar-refractivity contribution in [1.82, 2.24) is 24.6 Å². The molecule has 8 nitrogen and oxygen atoms in total. The van der Waals surface area contributed by atoms with Gasteiger partial charge in [0, 0.05) is 55.9 Å². The lowest BCUT2D eigenvalue weighted by Gasteiger charge is -2.36. The molecule has 3 heterocycles. The normalized spacial score (nSPS) is 16.3. The number of rotatable bonds is 7. The molecule has 0 atom stereocenters. The minimum atomic E-state index is 0.153. The lowest BCUT2D eigenvalue weighted by molar-refractivity contribution is -0.128. The molecule has 3 aromatic rings. The molecule has 1 amide bonds. The molecule has 1 aromatic carbocycles. The number of piperazine rings is 1. The lowest BCUT2D eigenvalue weighted by atomic mass is 10.2. The third-order valence-electron chi connectivity index (χ3n) is 5.91. The van der Waals surface area contributed by atoms with Gasteiger partial charge in [-0.3, -0.25) is 14.3 Å². The van der Waals surface area contributed by atoms with Crippen molar-refractivity contribution in [2.24, 2.45) is 0 Å². The summed E-state index contributed by atoms with van der Waals surface area (Å²) in [4.78, 5) is 21.2. The number of carbonyl (C=O) groups excluding carboxylic acids is 1. The molecule has 2 aliphatic rings. The highest BCUT2D eigenvalue weighted by atomic mass is 32.2. The number of amides is 1. The van der Waals surface area contributed by atoms with Crippen molar-refractivity contribution in [2.45, 2.75) is 24.0 Å². The Balaban J connectivity index is 1.18. The van der Waals surface area contributed by atoms with Crippen LogP contribution in [0.4, 0.5) is 5.69 Å². The number of methoxy groups -OCH3 is 1. The van der Waals surface area contributed by atoms with Gasteiger partial charge in [0.05, 0.1) is 12.9 Å². The molecule has 1 saturated heterocycles. The van der Waals surface area contributed by atoms with Gasteiger partial charge >= 0.3 is 0 Å². The molecule has 1 aliphatic carbocycles. The van der Waals surface area contributed by atoms with Gasteiger partial charge in [-0.15, -0.1) is 10.2 Å². The highest BCUT2D eigenvalue weighted by Gasteiger charge is 2.31. The maximum absolute atomic E-state index is 12.9. The van der Waals surface area contributed by atoms with E-state index < -0.39 is 0 Å². The fourth-order valence-corrected chi connectivity index (χ4v) is 4.87. The Labute approximate surface area is 191 Å². The number of anilines is 1. The van der Waals surface area contributed by atoms with E-state index in [4.69, 9.17) is 4.74 Å². The SMILES string of the molecule is COc1ccc(N2CCN(C(=O)CSc3nnc(-c4ccncc4)n3C3CC3)CC2)cc1. The Hall–Kier alpha value is -3.07. The molecule has 1 saturated carbocycles. The molecule has 9 heteroatoms. The highest BCUT2D eigenvalue weighted by molar-refractivity contribution is 7.99. The smallest absolute Gasteiger partial charge is 0.233 e. The van der Waals surface area contributed by atoms with E-state index >= 15 is 0 Å². The zero-order valence-electron chi connectivity index (χ0n) is 18.1. The second-order valence-corrected chi connectivity index (χ2v) is 8.94. The summed E-state index contributed by atoms with van der Waals surface area (Å²) in [5.74, 6) is 2.24. The van der Waals surface area contributed by atoms with Crippen LogP contribution in [0.5, 0.6) is 5.75 Å². The van der Waals surface area contributed by atoms with Crippen molar-refractivity contribution in [3.63, 3.8) is 0 Å². The second-order valence-electron chi connectivity index (χ2n) is 8.00. The zero-order valence-corrected chi connectivity index (χ0v) is 18.9. The minimum Gasteiger partial charge on any atom is -0.497 e. The van der Waals surface area contributed by atoms with Crippen molar-refractivity contribution in [3.8, 4) is 17.1 Å². The second kappa shape index (κ2) is 9.20. The van der Waals surface area contributed by atoms with Gasteiger partial charge in [0.15, 0.2) is 11.0 Å². The number of hydrogen-bond donors (Lipinski definition) is 0. The minimum absolute atomic E-state index is 0.153. The van der Waals surface area contributed by atoms with Crippen LogP contribution in [-0.4, -0.2) is 69.6 Å². The van der Waals surface area contributed by atoms with Crippen molar-refractivity contribution < 1.29 is 9.53 Å². The van der Waals surface area contributed by atoms with Crippen molar-refractivity contribution in [2.75, 3.05) is 43.9 Å². The highest BCUT2D eigenvalue weighted by Crippen LogP contribution is 2.41. The predicted molar refractivity (Wildman–Crippen MR) is 124 cm³/mol. The van der Waals surface area contributed by atoms with E-state index in [1.54, 1.807) is 19.5 Å². The molecular formula is C23H26N6O2S. The third-order valence-corrected chi connectivity index (χ3v) is 6.84. The Morgan fingerprint density at radius 3 is 2.41 bits per heavy atom. The fraction of sp³-hybridized carbons (Fsp3) is 0.391. The number of ether oxygens (including phenoxy) is 1. The summed E-state index contributed by atoms with van der Waals surface area (Å²) in [5.41, 5.74) is 2.17. The maximum atomic E-state index is 12.9. The molecule has 2 aromatic heterocycles. The molecule has 32 heavy (non-hydrogen) atoms. The van der Waals surface area contributed by atoms with Gasteiger partial charge in [-0.2, -0.15) is 0 Å². The van der Waals surface area contributed by atoms with Crippen molar-refractivity contribution in [1.29, 1.82) is 0 Å². The molecule has 1 aliphatic heterocycles. The first-order valence-electron chi connectivity index (χ1n) is 10.9. The zero-order chi connectivity index (χ0) is 21.9. The van der Waals surface area contributed by atoms with Crippen LogP contribution in [0.25, 0.3) is 11.4 Å². The van der Waals surface area contributed by atoms with Gasteiger partial charge in [-0.25, -0.2) is 0 Å². The fourth-order valence-electron chi connectivity index (χ4n) is 3.96. The van der Waals surface area contributed by atoms with Crippen molar-refractivity contribution in [3.05, 3.63) is 48.8 Å². The molecule has 2 fully saturated rings. The molecule has 166 valence electrons. The number of benzene rings is 1. The Morgan fingerprint density at radius 2 is 1.75 bits per heavy atom. The average Bonchev–Trinajstić information content (AvgIpc) is 3.61. The molecule has 0 unspecified atom stereocenters. The van der Waals surface area contributed by atoms with Gasteiger partial charge in [0.25, 0.3) is 0 Å². The van der Waals surface area contributed by atoms with Crippen molar-refractivity contribution >= 4 is 23.4 Å². The van der Waals surface area contributed by atoms with E-state index in [1.165, 1.54) is 11.8 Å². The number of nitrogens with zero attached hydrogens (tertiary/aromatic N) is 6. The Kier molecular flexibility index (Phi) is 5.98. The van der Waals surface area contributed by atoms with Gasteiger partial charge in [0.1, 0.15) is 5.75 Å². The predicted octanol–water partition coefficient (Wildman–Crippen LogP) is 3.12. The first-order chi connectivity index (χ1) is 15.7. The summed E-state index contributed by atoms with van der Waals surface area (Å²) < 4.78 is 7.42. The quantitative estimate of drug-likeness (QED) is 0.512. The standard InChI is InChI=1S/C23H26N6O2S/c1-31-20-6-4-18(5-7-20)27-12-14-28(15-13-27)21(30)16-32-23-26-25-22(29(23)19-2-3-19)17-8-10-24-11-9-17/h4-11,19H,2-3,12-16H2,1H3. The van der Waals surface area contributed by atoms with Crippen LogP contribution in [0.1, 0.15) is 18.9 Å². The van der Waals surface area contributed by atoms with Crippen LogP contribution in [0, 0.1) is 0 Å². The van der Waals surface area contributed by atoms with Gasteiger partial charge in [-0.1, -0.05) is 11.8 Å². The molecule has 0 bridgehead atoms. The summed E-state index contributed by atoms with van der Waals surface area (Å²) in [6.07, 6.45) is 5.79. The summed E-state index contributed by atoms with van der Waals surface area (Å²) >= 11 is 1.49. The Bertz CT molecular complexity index is 1060. The van der Waals surface area contributed by atoms with Crippen LogP contribution in [0.3, 0.4) is 0 Å². The van der Waals surface area contributed by atoms with Gasteiger partial charge < -0.3 is 14.5 Å². The number of pyridine rings is 1. The van der Waals surface area contributed by atoms with Crippen LogP contribution >= 0.6 is 11.8 Å². The molecule has 5 rings (SSSR count). The van der Waals surface area contributed by atoms with Crippen LogP contribution in [-0.2, 0) is 4.79 Å². The number of hydrogen-bond acceptors (Lipinski definition) is 7. The lowest BCUT2D eigenvalue weighted by Crippen LogP contribution is -2.49. The molecule has 0 spiro atoms. The summed E-state index contributed by atoms with van der Waals surface area (Å²) in [7, 11) is 1.67. The van der Waals surface area contributed by atoms with Crippen LogP contribution < -0.4 is 9.64 Å². The largest absolute Gasteiger partial charge is 0.497 e. The summed E-state index contributed by atoms with van der Waals surface area (Å²) in [6, 6.07) is 12.4. The summed E-state index contributed by atoms with van der Waals surface area (Å²) in [5, 5.41) is 9.64. The number of aromatic nitrogens is 4. The molecule has 0 radical (unpaired) electrons. The van der Waals surface area contributed by atoms with Gasteiger partial charge in [0.2, 0.25) is 5.91 Å². The third kappa shape index (κ3) is 4.43. The van der Waals surface area contributed by atoms with E-state index in [-0.39, 0.29) is 5.91 Å². The van der Waals surface area contributed by atoms with Crippen LogP contribution in [0.2, 0.25) is 0 Å². The van der Waals surface area contributed by atoms with E-state index in [0.717, 1.165) is 67.0 Å².